The van der Waals surface area contributed by atoms with Gasteiger partial charge in [0, 0.05) is 6.20 Å². The van der Waals surface area contributed by atoms with Crippen LogP contribution in [-0.2, 0) is 0 Å². The van der Waals surface area contributed by atoms with Crippen molar-refractivity contribution < 1.29 is 4.79 Å². The third kappa shape index (κ3) is 1.61. The largest absolute Gasteiger partial charge is 0.297 e. The Morgan fingerprint density at radius 2 is 1.93 bits per heavy atom. The summed E-state index contributed by atoms with van der Waals surface area (Å²) in [6, 6.07) is 9.11. The molecular formula is C11H10N2O2. The molecule has 2 rings (SSSR count). The molecule has 0 saturated heterocycles. The lowest BCUT2D eigenvalue weighted by molar-refractivity contribution is 0.101. The summed E-state index contributed by atoms with van der Waals surface area (Å²) in [5, 5.41) is 2.76. The van der Waals surface area contributed by atoms with Crippen molar-refractivity contribution in [1.82, 2.24) is 9.78 Å². The summed E-state index contributed by atoms with van der Waals surface area (Å²) in [7, 11) is 0. The van der Waals surface area contributed by atoms with Gasteiger partial charge < -0.3 is 0 Å². The van der Waals surface area contributed by atoms with Crippen LogP contribution in [0.3, 0.4) is 0 Å². The molecule has 2 aromatic rings. The van der Waals surface area contributed by atoms with Crippen LogP contribution in [0.25, 0.3) is 5.69 Å². The van der Waals surface area contributed by atoms with Crippen LogP contribution in [0.5, 0.6) is 0 Å². The van der Waals surface area contributed by atoms with Crippen molar-refractivity contribution in [2.45, 2.75) is 6.92 Å². The van der Waals surface area contributed by atoms with Gasteiger partial charge in [-0.25, -0.2) is 4.68 Å². The van der Waals surface area contributed by atoms with Crippen molar-refractivity contribution in [2.24, 2.45) is 0 Å². The van der Waals surface area contributed by atoms with E-state index in [1.165, 1.54) is 17.8 Å². The maximum Gasteiger partial charge on any atom is 0.282 e. The normalized spacial score (nSPS) is 10.2. The van der Waals surface area contributed by atoms with Crippen molar-refractivity contribution in [2.75, 3.05) is 0 Å². The lowest BCUT2D eigenvalue weighted by atomic mass is 10.2. The van der Waals surface area contributed by atoms with Gasteiger partial charge in [-0.3, -0.25) is 14.7 Å². The SMILES string of the molecule is CC(=O)c1c[nH]n(-c2ccccc2)c1=O. The van der Waals surface area contributed by atoms with E-state index in [2.05, 4.69) is 5.10 Å². The van der Waals surface area contributed by atoms with Crippen LogP contribution in [-0.4, -0.2) is 15.6 Å². The molecule has 1 heterocycles. The zero-order valence-corrected chi connectivity index (χ0v) is 8.23. The van der Waals surface area contributed by atoms with Crippen LogP contribution in [0.15, 0.2) is 41.3 Å². The number of carbonyl (C=O) groups excluding carboxylic acids is 1. The van der Waals surface area contributed by atoms with Crippen molar-refractivity contribution in [3.63, 3.8) is 0 Å². The number of hydrogen-bond donors (Lipinski definition) is 1. The van der Waals surface area contributed by atoms with E-state index in [0.717, 1.165) is 5.69 Å². The Kier molecular flexibility index (Phi) is 2.25. The van der Waals surface area contributed by atoms with Crippen molar-refractivity contribution in [3.05, 3.63) is 52.4 Å². The Morgan fingerprint density at radius 3 is 2.47 bits per heavy atom. The zero-order chi connectivity index (χ0) is 10.8. The fraction of sp³-hybridized carbons (Fsp3) is 0.0909. The molecule has 0 saturated carbocycles. The standard InChI is InChI=1S/C11H10N2O2/c1-8(14)10-7-12-13(11(10)15)9-5-3-2-4-6-9/h2-7,12H,1H3. The Morgan fingerprint density at radius 1 is 1.27 bits per heavy atom. The molecule has 4 nitrogen and oxygen atoms in total. The number of carbonyl (C=O) groups is 1. The summed E-state index contributed by atoms with van der Waals surface area (Å²) in [6.07, 6.45) is 1.43. The van der Waals surface area contributed by atoms with E-state index >= 15 is 0 Å². The van der Waals surface area contributed by atoms with Gasteiger partial charge in [0.05, 0.1) is 5.69 Å². The van der Waals surface area contributed by atoms with Gasteiger partial charge in [-0.1, -0.05) is 18.2 Å². The number of H-pyrrole nitrogens is 1. The molecule has 0 aliphatic carbocycles. The number of Topliss-reactive ketones (excluding diaryl/α,β-unsaturated/α-hetero) is 1. The fourth-order valence-electron chi connectivity index (χ4n) is 1.39. The Balaban J connectivity index is 2.57. The van der Waals surface area contributed by atoms with E-state index in [-0.39, 0.29) is 16.9 Å². The van der Waals surface area contributed by atoms with Gasteiger partial charge >= 0.3 is 0 Å². The van der Waals surface area contributed by atoms with Gasteiger partial charge in [-0.2, -0.15) is 0 Å². The van der Waals surface area contributed by atoms with E-state index in [1.54, 1.807) is 12.1 Å². The van der Waals surface area contributed by atoms with Crippen LogP contribution in [0.1, 0.15) is 17.3 Å². The second-order valence-corrected chi connectivity index (χ2v) is 3.22. The maximum absolute atomic E-state index is 11.7. The van der Waals surface area contributed by atoms with Crippen molar-refractivity contribution >= 4 is 5.78 Å². The Bertz CT molecular complexity index is 537. The van der Waals surface area contributed by atoms with Gasteiger partial charge in [0.25, 0.3) is 5.56 Å². The number of aromatic amines is 1. The highest BCUT2D eigenvalue weighted by atomic mass is 16.2. The predicted molar refractivity (Wildman–Crippen MR) is 56.4 cm³/mol. The molecule has 0 aliphatic rings. The van der Waals surface area contributed by atoms with Gasteiger partial charge in [0.1, 0.15) is 5.56 Å². The summed E-state index contributed by atoms with van der Waals surface area (Å²) in [5.41, 5.74) is 0.586. The average Bonchev–Trinajstić information content (AvgIpc) is 2.61. The predicted octanol–water partition coefficient (Wildman–Crippen LogP) is 1.37. The number of aromatic nitrogens is 2. The number of para-hydroxylation sites is 1. The van der Waals surface area contributed by atoms with E-state index < -0.39 is 0 Å². The highest BCUT2D eigenvalue weighted by molar-refractivity contribution is 5.93. The van der Waals surface area contributed by atoms with Crippen LogP contribution in [0.4, 0.5) is 0 Å². The van der Waals surface area contributed by atoms with E-state index in [1.807, 2.05) is 18.2 Å². The molecule has 76 valence electrons. The van der Waals surface area contributed by atoms with Crippen LogP contribution in [0, 0.1) is 0 Å². The topological polar surface area (TPSA) is 54.9 Å². The second kappa shape index (κ2) is 3.57. The summed E-state index contributed by atoms with van der Waals surface area (Å²) < 4.78 is 1.34. The molecule has 1 N–H and O–H groups in total. The lowest BCUT2D eigenvalue weighted by Gasteiger charge is -1.98. The third-order valence-electron chi connectivity index (χ3n) is 2.17. The minimum absolute atomic E-state index is 0.179. The summed E-state index contributed by atoms with van der Waals surface area (Å²) in [6.45, 7) is 1.37. The van der Waals surface area contributed by atoms with Gasteiger partial charge in [0.15, 0.2) is 5.78 Å². The van der Waals surface area contributed by atoms with Crippen molar-refractivity contribution in [1.29, 1.82) is 0 Å². The molecule has 1 aromatic heterocycles. The van der Waals surface area contributed by atoms with Gasteiger partial charge in [-0.15, -0.1) is 0 Å². The number of benzene rings is 1. The van der Waals surface area contributed by atoms with Gasteiger partial charge in [0.2, 0.25) is 0 Å². The van der Waals surface area contributed by atoms with Crippen LogP contribution in [0.2, 0.25) is 0 Å². The molecular weight excluding hydrogens is 192 g/mol. The summed E-state index contributed by atoms with van der Waals surface area (Å²) in [4.78, 5) is 22.8. The molecule has 0 radical (unpaired) electrons. The number of nitrogens with zero attached hydrogens (tertiary/aromatic N) is 1. The second-order valence-electron chi connectivity index (χ2n) is 3.22. The van der Waals surface area contributed by atoms with Gasteiger partial charge in [-0.05, 0) is 19.1 Å². The van der Waals surface area contributed by atoms with Crippen molar-refractivity contribution in [3.8, 4) is 5.69 Å². The average molecular weight is 202 g/mol. The molecule has 0 spiro atoms. The van der Waals surface area contributed by atoms with E-state index in [0.29, 0.717) is 0 Å². The number of ketones is 1. The Hall–Kier alpha value is -2.10. The molecule has 1 aromatic carbocycles. The molecule has 0 amide bonds. The highest BCUT2D eigenvalue weighted by Crippen LogP contribution is 2.03. The third-order valence-corrected chi connectivity index (χ3v) is 2.17. The molecule has 15 heavy (non-hydrogen) atoms. The number of nitrogens with one attached hydrogen (secondary N) is 1. The molecule has 0 bridgehead atoms. The quantitative estimate of drug-likeness (QED) is 0.748. The minimum atomic E-state index is -0.311. The first-order valence-corrected chi connectivity index (χ1v) is 4.57. The fourth-order valence-corrected chi connectivity index (χ4v) is 1.39. The van der Waals surface area contributed by atoms with Crippen LogP contribution >= 0.6 is 0 Å². The highest BCUT2D eigenvalue weighted by Gasteiger charge is 2.10. The van der Waals surface area contributed by atoms with Crippen LogP contribution < -0.4 is 5.56 Å². The van der Waals surface area contributed by atoms with E-state index in [4.69, 9.17) is 0 Å². The summed E-state index contributed by atoms with van der Waals surface area (Å²) >= 11 is 0. The minimum Gasteiger partial charge on any atom is -0.297 e. The first kappa shape index (κ1) is 9.45. The first-order valence-electron chi connectivity index (χ1n) is 4.57. The lowest BCUT2D eigenvalue weighted by Crippen LogP contribution is -2.18. The Labute approximate surface area is 86.1 Å². The monoisotopic (exact) mass is 202 g/mol. The molecule has 0 atom stereocenters. The molecule has 4 heteroatoms. The van der Waals surface area contributed by atoms with E-state index in [9.17, 15) is 9.59 Å². The molecule has 0 aliphatic heterocycles. The first-order chi connectivity index (χ1) is 7.20. The molecule has 0 unspecified atom stereocenters. The number of hydrogen-bond acceptors (Lipinski definition) is 2. The zero-order valence-electron chi connectivity index (χ0n) is 8.23. The smallest absolute Gasteiger partial charge is 0.282 e. The molecule has 0 fully saturated rings. The maximum atomic E-state index is 11.7. The number of rotatable bonds is 2. The summed E-state index contributed by atoms with van der Waals surface area (Å²) in [5.74, 6) is -0.231.